The first kappa shape index (κ1) is 19.8. The molecule has 2 aromatic carbocycles. The minimum absolute atomic E-state index is 0.0105. The molecule has 1 aliphatic rings. The highest BCUT2D eigenvalue weighted by Crippen LogP contribution is 2.35. The van der Waals surface area contributed by atoms with Gasteiger partial charge < -0.3 is 10.1 Å². The summed E-state index contributed by atoms with van der Waals surface area (Å²) in [5.74, 6) is -1.43. The fourth-order valence-electron chi connectivity index (χ4n) is 3.04. The number of carbonyl (C=O) groups is 1. The first-order chi connectivity index (χ1) is 14.2. The van der Waals surface area contributed by atoms with E-state index in [0.29, 0.717) is 5.56 Å². The van der Waals surface area contributed by atoms with Crippen LogP contribution in [-0.2, 0) is 21.4 Å². The summed E-state index contributed by atoms with van der Waals surface area (Å²) in [7, 11) is -4.18. The fraction of sp³-hybridized carbons (Fsp3) is 0.158. The van der Waals surface area contributed by atoms with Gasteiger partial charge in [0.1, 0.15) is 33.8 Å². The van der Waals surface area contributed by atoms with E-state index in [-0.39, 0.29) is 40.9 Å². The van der Waals surface area contributed by atoms with Crippen molar-refractivity contribution >= 4 is 27.4 Å². The van der Waals surface area contributed by atoms with E-state index in [1.165, 1.54) is 29.1 Å². The van der Waals surface area contributed by atoms with Crippen LogP contribution in [0.25, 0.3) is 0 Å². The number of rotatable bonds is 5. The van der Waals surface area contributed by atoms with Gasteiger partial charge in [0.2, 0.25) is 0 Å². The van der Waals surface area contributed by atoms with Crippen LogP contribution in [-0.4, -0.2) is 30.7 Å². The molecular formula is C19H16F2N4O4S. The number of sulfonamides is 1. The van der Waals surface area contributed by atoms with Gasteiger partial charge >= 0.3 is 0 Å². The molecule has 0 radical (unpaired) electrons. The summed E-state index contributed by atoms with van der Waals surface area (Å²) < 4.78 is 62.5. The van der Waals surface area contributed by atoms with Crippen LogP contribution in [0.5, 0.6) is 5.75 Å². The van der Waals surface area contributed by atoms with E-state index in [9.17, 15) is 22.0 Å². The summed E-state index contributed by atoms with van der Waals surface area (Å²) in [6, 6.07) is 7.34. The quantitative estimate of drug-likeness (QED) is 0.643. The maximum absolute atomic E-state index is 14.0. The number of nitrogens with zero attached hydrogens (tertiary/aromatic N) is 2. The molecule has 0 saturated heterocycles. The number of amides is 1. The lowest BCUT2D eigenvalue weighted by molar-refractivity contribution is -0.118. The zero-order valence-corrected chi connectivity index (χ0v) is 16.5. The molecule has 30 heavy (non-hydrogen) atoms. The van der Waals surface area contributed by atoms with E-state index in [1.807, 2.05) is 0 Å². The van der Waals surface area contributed by atoms with Crippen molar-refractivity contribution in [1.29, 1.82) is 0 Å². The van der Waals surface area contributed by atoms with Gasteiger partial charge in [-0.2, -0.15) is 5.10 Å². The van der Waals surface area contributed by atoms with Gasteiger partial charge in [-0.15, -0.1) is 0 Å². The molecule has 2 N–H and O–H groups in total. The van der Waals surface area contributed by atoms with Crippen molar-refractivity contribution in [3.05, 3.63) is 65.4 Å². The number of hydrogen-bond acceptors (Lipinski definition) is 5. The number of para-hydroxylation sites is 1. The third-order valence-electron chi connectivity index (χ3n) is 4.48. The van der Waals surface area contributed by atoms with E-state index in [2.05, 4.69) is 15.1 Å². The summed E-state index contributed by atoms with van der Waals surface area (Å²) in [5.41, 5.74) is 0.512. The molecular weight excluding hydrogens is 418 g/mol. The molecule has 8 nitrogen and oxygen atoms in total. The number of halogens is 2. The zero-order valence-electron chi connectivity index (χ0n) is 15.6. The maximum atomic E-state index is 14.0. The molecule has 0 aliphatic carbocycles. The van der Waals surface area contributed by atoms with E-state index in [4.69, 9.17) is 4.74 Å². The van der Waals surface area contributed by atoms with Gasteiger partial charge in [0.15, 0.2) is 6.61 Å². The number of anilines is 2. The molecule has 2 heterocycles. The minimum Gasteiger partial charge on any atom is -0.482 e. The topological polar surface area (TPSA) is 102 Å². The Bertz CT molecular complexity index is 1260. The normalized spacial score (nSPS) is 13.4. The molecule has 1 amide bonds. The molecule has 11 heteroatoms. The van der Waals surface area contributed by atoms with Crippen LogP contribution < -0.4 is 14.8 Å². The highest BCUT2D eigenvalue weighted by Gasteiger charge is 2.27. The number of nitrogens with one attached hydrogen (secondary N) is 2. The van der Waals surface area contributed by atoms with Crippen molar-refractivity contribution < 1.29 is 26.7 Å². The Morgan fingerprint density at radius 2 is 2.07 bits per heavy atom. The van der Waals surface area contributed by atoms with Crippen molar-refractivity contribution in [3.8, 4) is 5.75 Å². The van der Waals surface area contributed by atoms with Gasteiger partial charge in [-0.3, -0.25) is 9.52 Å². The molecule has 0 fully saturated rings. The lowest BCUT2D eigenvalue weighted by Crippen LogP contribution is -2.28. The summed E-state index contributed by atoms with van der Waals surface area (Å²) in [5, 5.41) is 6.57. The van der Waals surface area contributed by atoms with Crippen molar-refractivity contribution in [3.63, 3.8) is 0 Å². The molecule has 0 spiro atoms. The number of fused-ring (bicyclic) bond motifs is 1. The van der Waals surface area contributed by atoms with E-state index in [1.54, 1.807) is 6.92 Å². The Hall–Kier alpha value is -3.47. The number of hydrogen-bond donors (Lipinski definition) is 2. The van der Waals surface area contributed by atoms with Crippen molar-refractivity contribution in [1.82, 2.24) is 9.78 Å². The van der Waals surface area contributed by atoms with Crippen LogP contribution in [0.1, 0.15) is 11.1 Å². The Kier molecular flexibility index (Phi) is 4.90. The number of ether oxygens (including phenoxy) is 1. The van der Waals surface area contributed by atoms with Crippen molar-refractivity contribution in [2.45, 2.75) is 18.4 Å². The van der Waals surface area contributed by atoms with Crippen LogP contribution in [0.2, 0.25) is 0 Å². The Morgan fingerprint density at radius 3 is 2.87 bits per heavy atom. The average molecular weight is 434 g/mol. The smallest absolute Gasteiger partial charge is 0.265 e. The van der Waals surface area contributed by atoms with Gasteiger partial charge in [-0.25, -0.2) is 21.9 Å². The van der Waals surface area contributed by atoms with E-state index in [0.717, 1.165) is 18.2 Å². The number of aryl methyl sites for hydroxylation is 1. The van der Waals surface area contributed by atoms with Crippen LogP contribution in [0.15, 0.2) is 47.5 Å². The lowest BCUT2D eigenvalue weighted by atomic mass is 10.2. The lowest BCUT2D eigenvalue weighted by Gasteiger charge is -2.21. The molecule has 1 aromatic heterocycles. The van der Waals surface area contributed by atoms with Crippen LogP contribution in [0.4, 0.5) is 20.3 Å². The number of aromatic nitrogens is 2. The van der Waals surface area contributed by atoms with E-state index < -0.39 is 27.6 Å². The summed E-state index contributed by atoms with van der Waals surface area (Å²) >= 11 is 0. The number of carbonyl (C=O) groups excluding carboxylic acids is 1. The average Bonchev–Trinajstić information content (AvgIpc) is 3.03. The first-order valence-corrected chi connectivity index (χ1v) is 10.3. The van der Waals surface area contributed by atoms with Crippen molar-refractivity contribution in [2.75, 3.05) is 16.6 Å². The zero-order chi connectivity index (χ0) is 21.5. The molecule has 3 aromatic rings. The van der Waals surface area contributed by atoms with Gasteiger partial charge in [-0.1, -0.05) is 6.07 Å². The predicted octanol–water partition coefficient (Wildman–Crippen LogP) is 2.65. The van der Waals surface area contributed by atoms with Crippen LogP contribution >= 0.6 is 0 Å². The molecule has 0 unspecified atom stereocenters. The Balaban J connectivity index is 1.70. The second-order valence-corrected chi connectivity index (χ2v) is 8.29. The highest BCUT2D eigenvalue weighted by molar-refractivity contribution is 7.92. The summed E-state index contributed by atoms with van der Waals surface area (Å²) in [4.78, 5) is 11.5. The van der Waals surface area contributed by atoms with E-state index >= 15 is 0 Å². The maximum Gasteiger partial charge on any atom is 0.265 e. The third kappa shape index (κ3) is 3.71. The van der Waals surface area contributed by atoms with Crippen LogP contribution in [0, 0.1) is 18.6 Å². The molecule has 156 valence electrons. The largest absolute Gasteiger partial charge is 0.482 e. The second kappa shape index (κ2) is 7.41. The van der Waals surface area contributed by atoms with Gasteiger partial charge in [0, 0.05) is 11.1 Å². The molecule has 0 saturated carbocycles. The van der Waals surface area contributed by atoms with Crippen LogP contribution in [0.3, 0.4) is 0 Å². The van der Waals surface area contributed by atoms with Crippen molar-refractivity contribution in [2.24, 2.45) is 0 Å². The SMILES string of the molecule is Cc1cnn(Cc2cc(F)ccc2F)c1NS(=O)(=O)c1cccc2c1NC(=O)CO2. The van der Waals surface area contributed by atoms with Gasteiger partial charge in [-0.05, 0) is 37.3 Å². The summed E-state index contributed by atoms with van der Waals surface area (Å²) in [6.45, 7) is 1.21. The molecule has 4 rings (SSSR count). The molecule has 0 bridgehead atoms. The second-order valence-electron chi connectivity index (χ2n) is 6.64. The van der Waals surface area contributed by atoms with Gasteiger partial charge in [0.25, 0.3) is 15.9 Å². The Morgan fingerprint density at radius 1 is 1.27 bits per heavy atom. The first-order valence-electron chi connectivity index (χ1n) is 8.79. The minimum atomic E-state index is -4.18. The van der Waals surface area contributed by atoms with Gasteiger partial charge in [0.05, 0.1) is 12.7 Å². The number of benzene rings is 2. The fourth-order valence-corrected chi connectivity index (χ4v) is 4.35. The standard InChI is InChI=1S/C19H16F2N4O4S/c1-11-8-22-25(9-12-7-13(20)5-6-14(12)21)19(11)24-30(27,28)16-4-2-3-15-18(16)23-17(26)10-29-15/h2-8,24H,9-10H2,1H3,(H,23,26). The molecule has 1 aliphatic heterocycles. The molecule has 0 atom stereocenters. The monoisotopic (exact) mass is 434 g/mol. The highest BCUT2D eigenvalue weighted by atomic mass is 32.2. The Labute approximate surface area is 170 Å². The predicted molar refractivity (Wildman–Crippen MR) is 104 cm³/mol. The summed E-state index contributed by atoms with van der Waals surface area (Å²) in [6.07, 6.45) is 1.40. The third-order valence-corrected chi connectivity index (χ3v) is 5.86.